The third-order valence-corrected chi connectivity index (χ3v) is 3.67. The van der Waals surface area contributed by atoms with Gasteiger partial charge in [-0.1, -0.05) is 30.3 Å². The average Bonchev–Trinajstić information content (AvgIpc) is 2.66. The molecule has 2 aliphatic rings. The predicted molar refractivity (Wildman–Crippen MR) is 53.7 cm³/mol. The monoisotopic (exact) mass is 173 g/mol. The van der Waals surface area contributed by atoms with Crippen molar-refractivity contribution in [1.29, 1.82) is 0 Å². The van der Waals surface area contributed by atoms with Gasteiger partial charge in [-0.25, -0.2) is 0 Å². The summed E-state index contributed by atoms with van der Waals surface area (Å²) >= 11 is 0. The van der Waals surface area contributed by atoms with Crippen LogP contribution < -0.4 is 5.32 Å². The standard InChI is InChI=1S/C12H15N/c1-2-4-10(5-3-1)11-8-12(11)6-7-13-9-12/h1-5,11,13H,6-9H2/t11-,12?/m0/s1. The van der Waals surface area contributed by atoms with Crippen LogP contribution in [0.3, 0.4) is 0 Å². The van der Waals surface area contributed by atoms with Gasteiger partial charge < -0.3 is 5.32 Å². The molecule has 1 aromatic carbocycles. The van der Waals surface area contributed by atoms with Crippen LogP contribution in [0.4, 0.5) is 0 Å². The van der Waals surface area contributed by atoms with Crippen LogP contribution in [0.2, 0.25) is 0 Å². The first-order chi connectivity index (χ1) is 6.41. The summed E-state index contributed by atoms with van der Waals surface area (Å²) in [6.07, 6.45) is 2.79. The van der Waals surface area contributed by atoms with Crippen LogP contribution in [-0.2, 0) is 0 Å². The summed E-state index contributed by atoms with van der Waals surface area (Å²) in [5.41, 5.74) is 2.20. The van der Waals surface area contributed by atoms with Crippen LogP contribution in [0.25, 0.3) is 0 Å². The van der Waals surface area contributed by atoms with E-state index in [0.717, 1.165) is 5.92 Å². The Morgan fingerprint density at radius 3 is 2.77 bits per heavy atom. The molecule has 0 amide bonds. The van der Waals surface area contributed by atoms with Gasteiger partial charge >= 0.3 is 0 Å². The summed E-state index contributed by atoms with van der Waals surface area (Å²) in [4.78, 5) is 0. The molecule has 1 N–H and O–H groups in total. The van der Waals surface area contributed by atoms with Crippen molar-refractivity contribution in [3.63, 3.8) is 0 Å². The summed E-state index contributed by atoms with van der Waals surface area (Å²) in [7, 11) is 0. The van der Waals surface area contributed by atoms with Crippen molar-refractivity contribution in [2.45, 2.75) is 18.8 Å². The second kappa shape index (κ2) is 2.58. The average molecular weight is 173 g/mol. The van der Waals surface area contributed by atoms with Crippen LogP contribution in [0.5, 0.6) is 0 Å². The summed E-state index contributed by atoms with van der Waals surface area (Å²) in [6.45, 7) is 2.47. The minimum atomic E-state index is 0.654. The SMILES string of the molecule is c1ccc([C@@H]2CC23CCNC3)cc1. The maximum Gasteiger partial charge on any atom is 0.00144 e. The summed E-state index contributed by atoms with van der Waals surface area (Å²) in [5, 5.41) is 3.47. The minimum Gasteiger partial charge on any atom is -0.316 e. The molecule has 1 aliphatic heterocycles. The molecule has 2 fully saturated rings. The molecule has 0 radical (unpaired) electrons. The molecule has 1 unspecified atom stereocenters. The zero-order chi connectivity index (χ0) is 8.73. The summed E-state index contributed by atoms with van der Waals surface area (Å²) in [5.74, 6) is 0.851. The number of benzene rings is 1. The molecular weight excluding hydrogens is 158 g/mol. The quantitative estimate of drug-likeness (QED) is 0.686. The van der Waals surface area contributed by atoms with E-state index in [-0.39, 0.29) is 0 Å². The number of hydrogen-bond donors (Lipinski definition) is 1. The maximum absolute atomic E-state index is 3.47. The highest BCUT2D eigenvalue weighted by Crippen LogP contribution is 2.62. The lowest BCUT2D eigenvalue weighted by Gasteiger charge is -2.06. The van der Waals surface area contributed by atoms with Gasteiger partial charge in [-0.15, -0.1) is 0 Å². The molecule has 13 heavy (non-hydrogen) atoms. The van der Waals surface area contributed by atoms with Gasteiger partial charge in [0.1, 0.15) is 0 Å². The fourth-order valence-electron chi connectivity index (χ4n) is 2.74. The van der Waals surface area contributed by atoms with Gasteiger partial charge in [0.25, 0.3) is 0 Å². The normalized spacial score (nSPS) is 36.8. The molecule has 1 aromatic rings. The Labute approximate surface area is 79.2 Å². The topological polar surface area (TPSA) is 12.0 Å². The molecule has 0 aromatic heterocycles. The first kappa shape index (κ1) is 7.57. The molecule has 1 aliphatic carbocycles. The lowest BCUT2D eigenvalue weighted by molar-refractivity contribution is 0.549. The zero-order valence-electron chi connectivity index (χ0n) is 7.79. The van der Waals surface area contributed by atoms with Crippen LogP contribution in [0.15, 0.2) is 30.3 Å². The van der Waals surface area contributed by atoms with Gasteiger partial charge in [0.2, 0.25) is 0 Å². The van der Waals surface area contributed by atoms with E-state index >= 15 is 0 Å². The molecule has 1 heterocycles. The fraction of sp³-hybridized carbons (Fsp3) is 0.500. The van der Waals surface area contributed by atoms with E-state index in [1.165, 1.54) is 25.9 Å². The molecule has 1 saturated heterocycles. The largest absolute Gasteiger partial charge is 0.316 e. The van der Waals surface area contributed by atoms with Crippen molar-refractivity contribution in [2.75, 3.05) is 13.1 Å². The molecule has 3 rings (SSSR count). The molecule has 1 saturated carbocycles. The number of rotatable bonds is 1. The second-order valence-corrected chi connectivity index (χ2v) is 4.46. The van der Waals surface area contributed by atoms with Crippen molar-refractivity contribution in [2.24, 2.45) is 5.41 Å². The minimum absolute atomic E-state index is 0.654. The highest BCUT2D eigenvalue weighted by atomic mass is 14.9. The van der Waals surface area contributed by atoms with E-state index < -0.39 is 0 Å². The highest BCUT2D eigenvalue weighted by molar-refractivity contribution is 5.30. The van der Waals surface area contributed by atoms with Crippen molar-refractivity contribution in [3.05, 3.63) is 35.9 Å². The Hall–Kier alpha value is -0.820. The Bertz CT molecular complexity index is 298. The lowest BCUT2D eigenvalue weighted by Crippen LogP contribution is -2.10. The fourth-order valence-corrected chi connectivity index (χ4v) is 2.74. The van der Waals surface area contributed by atoms with Gasteiger partial charge in [0, 0.05) is 6.54 Å². The Kier molecular flexibility index (Phi) is 1.50. The number of nitrogens with one attached hydrogen (secondary N) is 1. The first-order valence-electron chi connectivity index (χ1n) is 5.16. The highest BCUT2D eigenvalue weighted by Gasteiger charge is 2.55. The summed E-state index contributed by atoms with van der Waals surface area (Å²) < 4.78 is 0. The van der Waals surface area contributed by atoms with Gasteiger partial charge in [-0.05, 0) is 36.3 Å². The Balaban J connectivity index is 1.83. The van der Waals surface area contributed by atoms with Crippen LogP contribution in [-0.4, -0.2) is 13.1 Å². The molecule has 0 bridgehead atoms. The molecular formula is C12H15N. The van der Waals surface area contributed by atoms with Gasteiger partial charge in [-0.2, -0.15) is 0 Å². The van der Waals surface area contributed by atoms with E-state index in [0.29, 0.717) is 5.41 Å². The van der Waals surface area contributed by atoms with E-state index in [4.69, 9.17) is 0 Å². The molecule has 1 heteroatoms. The third kappa shape index (κ3) is 1.11. The first-order valence-corrected chi connectivity index (χ1v) is 5.16. The van der Waals surface area contributed by atoms with Gasteiger partial charge in [0.15, 0.2) is 0 Å². The van der Waals surface area contributed by atoms with Gasteiger partial charge in [-0.3, -0.25) is 0 Å². The van der Waals surface area contributed by atoms with Crippen molar-refractivity contribution < 1.29 is 0 Å². The molecule has 68 valence electrons. The van der Waals surface area contributed by atoms with E-state index in [2.05, 4.69) is 35.6 Å². The van der Waals surface area contributed by atoms with Crippen molar-refractivity contribution >= 4 is 0 Å². The molecule has 1 spiro atoms. The van der Waals surface area contributed by atoms with Crippen LogP contribution >= 0.6 is 0 Å². The third-order valence-electron chi connectivity index (χ3n) is 3.67. The van der Waals surface area contributed by atoms with E-state index in [9.17, 15) is 0 Å². The number of hydrogen-bond acceptors (Lipinski definition) is 1. The lowest BCUT2D eigenvalue weighted by atomic mass is 9.98. The summed E-state index contributed by atoms with van der Waals surface area (Å²) in [6, 6.07) is 11.0. The van der Waals surface area contributed by atoms with E-state index in [1.807, 2.05) is 0 Å². The predicted octanol–water partition coefficient (Wildman–Crippen LogP) is 2.15. The van der Waals surface area contributed by atoms with E-state index in [1.54, 1.807) is 5.56 Å². The second-order valence-electron chi connectivity index (χ2n) is 4.46. The molecule has 2 atom stereocenters. The molecule has 1 nitrogen and oxygen atoms in total. The Morgan fingerprint density at radius 1 is 1.23 bits per heavy atom. The van der Waals surface area contributed by atoms with Gasteiger partial charge in [0.05, 0.1) is 0 Å². The van der Waals surface area contributed by atoms with Crippen LogP contribution in [0.1, 0.15) is 24.3 Å². The Morgan fingerprint density at radius 2 is 2.08 bits per heavy atom. The maximum atomic E-state index is 3.47. The zero-order valence-corrected chi connectivity index (χ0v) is 7.79. The van der Waals surface area contributed by atoms with Crippen LogP contribution in [0, 0.1) is 5.41 Å². The van der Waals surface area contributed by atoms with Crippen molar-refractivity contribution in [3.8, 4) is 0 Å². The smallest absolute Gasteiger partial charge is 0.00144 e. The van der Waals surface area contributed by atoms with Crippen molar-refractivity contribution in [1.82, 2.24) is 5.32 Å².